The lowest BCUT2D eigenvalue weighted by atomic mass is 10.5. The standard InChI is InChI=1S/C6H13OS/c1-3-5-8-6(7)4-2/h6H,3-5H2,1-2H3. The van der Waals surface area contributed by atoms with Gasteiger partial charge in [-0.15, -0.1) is 11.8 Å². The second kappa shape index (κ2) is 5.45. The Balaban J connectivity index is 2.86. The smallest absolute Gasteiger partial charge is 0.138 e. The topological polar surface area (TPSA) is 19.9 Å². The van der Waals surface area contributed by atoms with Gasteiger partial charge < -0.3 is 0 Å². The quantitative estimate of drug-likeness (QED) is 0.539. The summed E-state index contributed by atoms with van der Waals surface area (Å²) in [5.41, 5.74) is -0.380. The van der Waals surface area contributed by atoms with E-state index < -0.39 is 0 Å². The van der Waals surface area contributed by atoms with Crippen LogP contribution >= 0.6 is 11.8 Å². The van der Waals surface area contributed by atoms with Gasteiger partial charge in [0.05, 0.1) is 0 Å². The van der Waals surface area contributed by atoms with E-state index in [0.29, 0.717) is 0 Å². The SMILES string of the molecule is CCCSC([O])CC. The van der Waals surface area contributed by atoms with Crippen LogP contribution in [0, 0.1) is 0 Å². The van der Waals surface area contributed by atoms with E-state index in [2.05, 4.69) is 6.92 Å². The van der Waals surface area contributed by atoms with Crippen LogP contribution in [0.5, 0.6) is 0 Å². The van der Waals surface area contributed by atoms with Crippen molar-refractivity contribution >= 4 is 11.8 Å². The molecule has 0 aliphatic heterocycles. The van der Waals surface area contributed by atoms with Crippen molar-refractivity contribution in [2.45, 2.75) is 32.1 Å². The molecular formula is C6H13OS. The lowest BCUT2D eigenvalue weighted by Crippen LogP contribution is -1.95. The Morgan fingerprint density at radius 3 is 2.50 bits per heavy atom. The van der Waals surface area contributed by atoms with Crippen molar-refractivity contribution in [2.75, 3.05) is 5.75 Å². The molecule has 0 aromatic heterocycles. The zero-order valence-electron chi connectivity index (χ0n) is 5.52. The summed E-state index contributed by atoms with van der Waals surface area (Å²) in [5.74, 6) is 1.02. The summed E-state index contributed by atoms with van der Waals surface area (Å²) in [6, 6.07) is 0. The van der Waals surface area contributed by atoms with Gasteiger partial charge in [0, 0.05) is 0 Å². The monoisotopic (exact) mass is 133 g/mol. The highest BCUT2D eigenvalue weighted by Gasteiger charge is 1.99. The predicted molar refractivity (Wildman–Crippen MR) is 37.5 cm³/mol. The Labute approximate surface area is 55.5 Å². The van der Waals surface area contributed by atoms with Crippen LogP contribution in [0.2, 0.25) is 0 Å². The molecule has 1 atom stereocenters. The summed E-state index contributed by atoms with van der Waals surface area (Å²) in [7, 11) is 0. The van der Waals surface area contributed by atoms with E-state index in [1.54, 1.807) is 0 Å². The van der Waals surface area contributed by atoms with Gasteiger partial charge in [0.25, 0.3) is 0 Å². The molecule has 0 amide bonds. The highest BCUT2D eigenvalue weighted by atomic mass is 32.2. The molecule has 0 aliphatic carbocycles. The van der Waals surface area contributed by atoms with Crippen molar-refractivity contribution in [3.05, 3.63) is 0 Å². The number of thioether (sulfide) groups is 1. The molecule has 0 aromatic carbocycles. The van der Waals surface area contributed by atoms with E-state index in [-0.39, 0.29) is 5.44 Å². The van der Waals surface area contributed by atoms with E-state index >= 15 is 0 Å². The fourth-order valence-corrected chi connectivity index (χ4v) is 1.10. The zero-order valence-corrected chi connectivity index (χ0v) is 6.33. The Bertz CT molecular complexity index is 47.8. The first-order chi connectivity index (χ1) is 3.81. The van der Waals surface area contributed by atoms with Crippen molar-refractivity contribution in [1.82, 2.24) is 0 Å². The minimum atomic E-state index is -0.380. The molecule has 0 heterocycles. The second-order valence-electron chi connectivity index (χ2n) is 1.71. The van der Waals surface area contributed by atoms with Crippen LogP contribution in [-0.2, 0) is 5.11 Å². The molecule has 0 spiro atoms. The van der Waals surface area contributed by atoms with Gasteiger partial charge in [0.1, 0.15) is 5.44 Å². The fraction of sp³-hybridized carbons (Fsp3) is 1.00. The normalized spacial score (nSPS) is 13.9. The first-order valence-corrected chi connectivity index (χ1v) is 4.13. The molecule has 2 heteroatoms. The molecule has 49 valence electrons. The summed E-state index contributed by atoms with van der Waals surface area (Å²) in [5, 5.41) is 10.6. The van der Waals surface area contributed by atoms with Crippen molar-refractivity contribution in [2.24, 2.45) is 0 Å². The summed E-state index contributed by atoms with van der Waals surface area (Å²) >= 11 is 1.52. The van der Waals surface area contributed by atoms with Gasteiger partial charge in [-0.3, -0.25) is 0 Å². The molecule has 1 unspecified atom stereocenters. The van der Waals surface area contributed by atoms with Crippen molar-refractivity contribution in [3.63, 3.8) is 0 Å². The molecule has 0 saturated heterocycles. The van der Waals surface area contributed by atoms with Gasteiger partial charge in [-0.1, -0.05) is 13.8 Å². The van der Waals surface area contributed by atoms with Gasteiger partial charge in [0.15, 0.2) is 0 Å². The van der Waals surface area contributed by atoms with E-state index in [1.807, 2.05) is 6.92 Å². The molecule has 0 saturated carbocycles. The molecule has 0 aliphatic rings. The molecule has 1 nitrogen and oxygen atoms in total. The van der Waals surface area contributed by atoms with Crippen LogP contribution in [0.15, 0.2) is 0 Å². The number of hydrogen-bond donors (Lipinski definition) is 0. The zero-order chi connectivity index (χ0) is 6.41. The van der Waals surface area contributed by atoms with Gasteiger partial charge in [-0.05, 0) is 18.6 Å². The fourth-order valence-electron chi connectivity index (χ4n) is 0.367. The second-order valence-corrected chi connectivity index (χ2v) is 2.98. The van der Waals surface area contributed by atoms with Crippen LogP contribution < -0.4 is 0 Å². The molecule has 0 fully saturated rings. The third-order valence-electron chi connectivity index (χ3n) is 0.841. The highest BCUT2D eigenvalue weighted by molar-refractivity contribution is 7.99. The summed E-state index contributed by atoms with van der Waals surface area (Å²) in [4.78, 5) is 0. The van der Waals surface area contributed by atoms with Gasteiger partial charge in [-0.2, -0.15) is 0 Å². The Kier molecular flexibility index (Phi) is 5.66. The first kappa shape index (κ1) is 8.31. The van der Waals surface area contributed by atoms with E-state index in [1.165, 1.54) is 11.8 Å². The van der Waals surface area contributed by atoms with Crippen LogP contribution in [0.25, 0.3) is 0 Å². The lowest BCUT2D eigenvalue weighted by Gasteiger charge is -2.00. The average Bonchev–Trinajstić information content (AvgIpc) is 1.83. The predicted octanol–water partition coefficient (Wildman–Crippen LogP) is 2.30. The highest BCUT2D eigenvalue weighted by Crippen LogP contribution is 2.11. The minimum Gasteiger partial charge on any atom is -0.221 e. The molecule has 0 aromatic rings. The number of hydrogen-bond acceptors (Lipinski definition) is 1. The first-order valence-electron chi connectivity index (χ1n) is 3.08. The Morgan fingerprint density at radius 1 is 1.50 bits per heavy atom. The lowest BCUT2D eigenvalue weighted by molar-refractivity contribution is 0.162. The van der Waals surface area contributed by atoms with Crippen LogP contribution in [0.4, 0.5) is 0 Å². The summed E-state index contributed by atoms with van der Waals surface area (Å²) < 4.78 is 0. The molecule has 0 N–H and O–H groups in total. The minimum absolute atomic E-state index is 0.380. The van der Waals surface area contributed by atoms with Crippen LogP contribution in [0.1, 0.15) is 26.7 Å². The van der Waals surface area contributed by atoms with E-state index in [0.717, 1.165) is 18.6 Å². The van der Waals surface area contributed by atoms with Crippen LogP contribution in [0.3, 0.4) is 0 Å². The van der Waals surface area contributed by atoms with E-state index in [4.69, 9.17) is 0 Å². The largest absolute Gasteiger partial charge is 0.221 e. The van der Waals surface area contributed by atoms with Crippen LogP contribution in [-0.4, -0.2) is 11.2 Å². The van der Waals surface area contributed by atoms with E-state index in [9.17, 15) is 5.11 Å². The van der Waals surface area contributed by atoms with Crippen molar-refractivity contribution in [3.8, 4) is 0 Å². The van der Waals surface area contributed by atoms with Crippen molar-refractivity contribution in [1.29, 1.82) is 0 Å². The molecule has 1 radical (unpaired) electrons. The molecule has 0 bridgehead atoms. The summed E-state index contributed by atoms with van der Waals surface area (Å²) in [6.45, 7) is 4.02. The van der Waals surface area contributed by atoms with Gasteiger partial charge in [0.2, 0.25) is 0 Å². The Morgan fingerprint density at radius 2 is 2.12 bits per heavy atom. The molecular weight excluding hydrogens is 120 g/mol. The molecule has 0 rings (SSSR count). The number of rotatable bonds is 4. The molecule has 8 heavy (non-hydrogen) atoms. The summed E-state index contributed by atoms with van der Waals surface area (Å²) in [6.07, 6.45) is 1.87. The van der Waals surface area contributed by atoms with Gasteiger partial charge in [-0.25, -0.2) is 5.11 Å². The third-order valence-corrected chi connectivity index (χ3v) is 2.19. The third kappa shape index (κ3) is 4.47. The maximum atomic E-state index is 10.6. The van der Waals surface area contributed by atoms with Gasteiger partial charge >= 0.3 is 0 Å². The van der Waals surface area contributed by atoms with Crippen molar-refractivity contribution < 1.29 is 5.11 Å². The maximum Gasteiger partial charge on any atom is 0.138 e. The maximum absolute atomic E-state index is 10.6. The average molecular weight is 133 g/mol. The Hall–Kier alpha value is 0.310.